The van der Waals surface area contributed by atoms with Crippen LogP contribution in [0.2, 0.25) is 10.0 Å². The average Bonchev–Trinajstić information content (AvgIpc) is 2.84. The number of morpholine rings is 1. The van der Waals surface area contributed by atoms with Gasteiger partial charge in [-0.2, -0.15) is 4.31 Å². The number of carbonyl (C=O) groups excluding carboxylic acids is 1. The van der Waals surface area contributed by atoms with E-state index in [9.17, 15) is 21.6 Å². The first-order valence-corrected chi connectivity index (χ1v) is 15.2. The average molecular weight is 599 g/mol. The van der Waals surface area contributed by atoms with Crippen LogP contribution in [0, 0.1) is 0 Å². The highest BCUT2D eigenvalue weighted by Crippen LogP contribution is 2.27. The second-order valence-electron chi connectivity index (χ2n) is 8.81. The van der Waals surface area contributed by atoms with Crippen LogP contribution >= 0.6 is 23.2 Å². The summed E-state index contributed by atoms with van der Waals surface area (Å²) in [5.74, 6) is -0.623. The molecule has 3 aromatic rings. The van der Waals surface area contributed by atoms with Gasteiger partial charge in [0.25, 0.3) is 15.9 Å². The molecule has 2 N–H and O–H groups in total. The molecule has 0 unspecified atom stereocenters. The molecule has 202 valence electrons. The maximum Gasteiger partial charge on any atom is 0.261 e. The number of benzene rings is 3. The number of halogens is 2. The molecule has 0 aromatic heterocycles. The normalized spacial score (nSPS) is 18.6. The number of nitrogens with zero attached hydrogens (tertiary/aromatic N) is 1. The Morgan fingerprint density at radius 3 is 2.00 bits per heavy atom. The van der Waals surface area contributed by atoms with Gasteiger partial charge in [0.15, 0.2) is 0 Å². The second kappa shape index (κ2) is 11.2. The van der Waals surface area contributed by atoms with E-state index in [2.05, 4.69) is 10.0 Å². The summed E-state index contributed by atoms with van der Waals surface area (Å²) in [6.45, 7) is 4.13. The van der Waals surface area contributed by atoms with Crippen molar-refractivity contribution in [2.75, 3.05) is 23.1 Å². The number of anilines is 2. The lowest BCUT2D eigenvalue weighted by molar-refractivity contribution is -0.0440. The summed E-state index contributed by atoms with van der Waals surface area (Å²) in [7, 11) is -7.79. The van der Waals surface area contributed by atoms with Crippen molar-refractivity contribution >= 4 is 60.5 Å². The van der Waals surface area contributed by atoms with Gasteiger partial charge in [-0.3, -0.25) is 9.52 Å². The maximum atomic E-state index is 13.1. The fraction of sp³-hybridized carbons (Fsp3) is 0.240. The molecule has 4 rings (SSSR count). The van der Waals surface area contributed by atoms with E-state index < -0.39 is 26.0 Å². The van der Waals surface area contributed by atoms with Gasteiger partial charge in [-0.15, -0.1) is 0 Å². The molecule has 0 radical (unpaired) electrons. The summed E-state index contributed by atoms with van der Waals surface area (Å²) >= 11 is 11.9. The van der Waals surface area contributed by atoms with Crippen LogP contribution in [0.1, 0.15) is 24.2 Å². The molecule has 38 heavy (non-hydrogen) atoms. The lowest BCUT2D eigenvalue weighted by atomic mass is 10.1. The molecule has 9 nitrogen and oxygen atoms in total. The topological polar surface area (TPSA) is 122 Å². The number of hydrogen-bond acceptors (Lipinski definition) is 6. The first kappa shape index (κ1) is 28.3. The van der Waals surface area contributed by atoms with Gasteiger partial charge in [0, 0.05) is 28.8 Å². The zero-order valence-electron chi connectivity index (χ0n) is 20.4. The Labute approximate surface area is 231 Å². The third-order valence-electron chi connectivity index (χ3n) is 5.73. The van der Waals surface area contributed by atoms with Gasteiger partial charge in [-0.1, -0.05) is 23.2 Å². The first-order valence-electron chi connectivity index (χ1n) is 11.5. The monoisotopic (exact) mass is 597 g/mol. The van der Waals surface area contributed by atoms with Crippen LogP contribution in [0.4, 0.5) is 11.4 Å². The second-order valence-corrected chi connectivity index (χ2v) is 13.3. The van der Waals surface area contributed by atoms with Crippen LogP contribution in [0.15, 0.2) is 76.5 Å². The van der Waals surface area contributed by atoms with E-state index in [0.717, 1.165) is 0 Å². The zero-order chi connectivity index (χ0) is 27.7. The van der Waals surface area contributed by atoms with E-state index >= 15 is 0 Å². The fourth-order valence-corrected chi connectivity index (χ4v) is 6.96. The van der Waals surface area contributed by atoms with Crippen molar-refractivity contribution < 1.29 is 26.4 Å². The first-order chi connectivity index (χ1) is 17.8. The van der Waals surface area contributed by atoms with Gasteiger partial charge in [0.2, 0.25) is 10.0 Å². The van der Waals surface area contributed by atoms with Crippen LogP contribution < -0.4 is 10.0 Å². The van der Waals surface area contributed by atoms with Crippen molar-refractivity contribution in [3.8, 4) is 0 Å². The van der Waals surface area contributed by atoms with Crippen LogP contribution in [0.25, 0.3) is 0 Å². The zero-order valence-corrected chi connectivity index (χ0v) is 23.5. The summed E-state index contributed by atoms with van der Waals surface area (Å²) in [5.41, 5.74) is 0.304. The van der Waals surface area contributed by atoms with Crippen molar-refractivity contribution in [1.82, 2.24) is 4.31 Å². The molecule has 3 aromatic carbocycles. The summed E-state index contributed by atoms with van der Waals surface area (Å²) in [4.78, 5) is 13.1. The number of amides is 1. The van der Waals surface area contributed by atoms with E-state index in [1.165, 1.54) is 71.0 Å². The molecule has 1 saturated heterocycles. The smallest absolute Gasteiger partial charge is 0.261 e. The van der Waals surface area contributed by atoms with Crippen LogP contribution in [0.5, 0.6) is 0 Å². The molecule has 0 aliphatic carbocycles. The summed E-state index contributed by atoms with van der Waals surface area (Å²) in [6, 6.07) is 15.4. The van der Waals surface area contributed by atoms with Gasteiger partial charge in [-0.05, 0) is 80.6 Å². The van der Waals surface area contributed by atoms with Crippen LogP contribution in [-0.2, 0) is 24.8 Å². The molecule has 0 spiro atoms. The molecular formula is C25H25Cl2N3O6S2. The van der Waals surface area contributed by atoms with E-state index in [-0.39, 0.29) is 51.4 Å². The summed E-state index contributed by atoms with van der Waals surface area (Å²) in [6.07, 6.45) is -0.449. The van der Waals surface area contributed by atoms with Crippen LogP contribution in [0.3, 0.4) is 0 Å². The van der Waals surface area contributed by atoms with E-state index in [0.29, 0.717) is 10.7 Å². The Hall–Kier alpha value is -2.67. The Balaban J connectivity index is 1.53. The number of carbonyl (C=O) groups is 1. The van der Waals surface area contributed by atoms with Gasteiger partial charge in [0.05, 0.1) is 33.2 Å². The molecule has 1 aliphatic rings. The highest BCUT2D eigenvalue weighted by Gasteiger charge is 2.32. The minimum Gasteiger partial charge on any atom is -0.373 e. The lowest BCUT2D eigenvalue weighted by Gasteiger charge is -2.34. The van der Waals surface area contributed by atoms with E-state index in [4.69, 9.17) is 27.9 Å². The molecule has 0 saturated carbocycles. The molecule has 1 fully saturated rings. The van der Waals surface area contributed by atoms with Gasteiger partial charge < -0.3 is 10.1 Å². The predicted molar refractivity (Wildman–Crippen MR) is 147 cm³/mol. The number of hydrogen-bond donors (Lipinski definition) is 2. The molecule has 1 aliphatic heterocycles. The number of sulfonamides is 2. The van der Waals surface area contributed by atoms with Crippen LogP contribution in [-0.4, -0.2) is 52.3 Å². The minimum absolute atomic E-state index is 0.0138. The maximum absolute atomic E-state index is 13.1. The fourth-order valence-electron chi connectivity index (χ4n) is 4.00. The highest BCUT2D eigenvalue weighted by molar-refractivity contribution is 7.92. The Morgan fingerprint density at radius 2 is 1.39 bits per heavy atom. The van der Waals surface area contributed by atoms with Crippen molar-refractivity contribution in [1.29, 1.82) is 0 Å². The number of ether oxygens (including phenoxy) is 1. The molecule has 1 amide bonds. The standard InChI is InChI=1S/C25H25Cl2N3O6S2/c1-16-14-30(15-17(2)36-16)38(34,35)22-10-6-20(7-11-22)28-25(31)23-12-5-19(27)13-24(23)29-37(32,33)21-8-3-18(26)4-9-21/h3-13,16-17,29H,14-15H2,1-2H3,(H,28,31)/t16-,17+. The molecule has 1 heterocycles. The van der Waals surface area contributed by atoms with Crippen molar-refractivity contribution in [2.24, 2.45) is 0 Å². The Bertz CT molecular complexity index is 1540. The van der Waals surface area contributed by atoms with Crippen molar-refractivity contribution in [3.05, 3.63) is 82.3 Å². The molecule has 2 atom stereocenters. The van der Waals surface area contributed by atoms with Gasteiger partial charge in [-0.25, -0.2) is 16.8 Å². The summed E-state index contributed by atoms with van der Waals surface area (Å²) in [5, 5.41) is 3.25. The highest BCUT2D eigenvalue weighted by atomic mass is 35.5. The Morgan fingerprint density at radius 1 is 0.842 bits per heavy atom. The third-order valence-corrected chi connectivity index (χ3v) is 9.44. The summed E-state index contributed by atoms with van der Waals surface area (Å²) < 4.78 is 61.3. The van der Waals surface area contributed by atoms with Gasteiger partial charge >= 0.3 is 0 Å². The number of rotatable bonds is 7. The molecular weight excluding hydrogens is 573 g/mol. The predicted octanol–water partition coefficient (Wildman–Crippen LogP) is 4.84. The largest absolute Gasteiger partial charge is 0.373 e. The number of nitrogens with one attached hydrogen (secondary N) is 2. The van der Waals surface area contributed by atoms with Crippen molar-refractivity contribution in [2.45, 2.75) is 35.8 Å². The SMILES string of the molecule is C[C@@H]1CN(S(=O)(=O)c2ccc(NC(=O)c3ccc(Cl)cc3NS(=O)(=O)c3ccc(Cl)cc3)cc2)C[C@H](C)O1. The van der Waals surface area contributed by atoms with E-state index in [1.54, 1.807) is 0 Å². The third kappa shape index (κ3) is 6.48. The molecule has 13 heteroatoms. The van der Waals surface area contributed by atoms with Crippen molar-refractivity contribution in [3.63, 3.8) is 0 Å². The Kier molecular flexibility index (Phi) is 8.36. The quantitative estimate of drug-likeness (QED) is 0.401. The van der Waals surface area contributed by atoms with Gasteiger partial charge in [0.1, 0.15) is 0 Å². The lowest BCUT2D eigenvalue weighted by Crippen LogP contribution is -2.48. The van der Waals surface area contributed by atoms with E-state index in [1.807, 2.05) is 13.8 Å². The minimum atomic E-state index is -4.04. The molecule has 0 bridgehead atoms.